The van der Waals surface area contributed by atoms with Gasteiger partial charge < -0.3 is 10.5 Å². The van der Waals surface area contributed by atoms with Crippen molar-refractivity contribution in [3.63, 3.8) is 0 Å². The smallest absolute Gasteiger partial charge is 0.120 e. The van der Waals surface area contributed by atoms with Gasteiger partial charge in [-0.25, -0.2) is 0 Å². The van der Waals surface area contributed by atoms with Crippen molar-refractivity contribution in [3.05, 3.63) is 53.6 Å². The van der Waals surface area contributed by atoms with Crippen LogP contribution in [-0.2, 0) is 16.6 Å². The Morgan fingerprint density at radius 1 is 1.14 bits per heavy atom. The number of ether oxygens (including phenoxy) is 1. The fraction of sp³-hybridized carbons (Fsp3) is 0.294. The van der Waals surface area contributed by atoms with Gasteiger partial charge in [0.2, 0.25) is 0 Å². The van der Waals surface area contributed by atoms with Gasteiger partial charge in [-0.15, -0.1) is 0 Å². The van der Waals surface area contributed by atoms with E-state index in [0.717, 1.165) is 5.56 Å². The van der Waals surface area contributed by atoms with Gasteiger partial charge in [-0.05, 0) is 35.2 Å². The van der Waals surface area contributed by atoms with Gasteiger partial charge in [0.25, 0.3) is 0 Å². The SMILES string of the molecule is COc1ccc(N)c(S(=O)Cc2ccc(C(C)C)cc2)c1. The predicted octanol–water partition coefficient (Wildman–Crippen LogP) is 3.71. The fourth-order valence-corrected chi connectivity index (χ4v) is 3.30. The monoisotopic (exact) mass is 303 g/mol. The number of anilines is 1. The van der Waals surface area contributed by atoms with Gasteiger partial charge in [-0.1, -0.05) is 38.1 Å². The molecule has 2 aromatic rings. The third kappa shape index (κ3) is 3.85. The molecule has 0 saturated heterocycles. The standard InChI is InChI=1S/C17H21NO2S/c1-12(2)14-6-4-13(5-7-14)11-21(19)17-10-15(20-3)8-9-16(17)18/h4-10,12H,11,18H2,1-3H3. The van der Waals surface area contributed by atoms with Crippen LogP contribution in [0.3, 0.4) is 0 Å². The molecule has 0 aliphatic carbocycles. The molecule has 0 aliphatic heterocycles. The van der Waals surface area contributed by atoms with E-state index in [1.807, 2.05) is 12.1 Å². The molecule has 2 rings (SSSR count). The van der Waals surface area contributed by atoms with Gasteiger partial charge in [0.1, 0.15) is 5.75 Å². The van der Waals surface area contributed by atoms with Crippen molar-refractivity contribution in [2.24, 2.45) is 0 Å². The normalized spacial score (nSPS) is 12.4. The van der Waals surface area contributed by atoms with Crippen LogP contribution < -0.4 is 10.5 Å². The maximum absolute atomic E-state index is 12.5. The van der Waals surface area contributed by atoms with Gasteiger partial charge >= 0.3 is 0 Å². The maximum atomic E-state index is 12.5. The highest BCUT2D eigenvalue weighted by molar-refractivity contribution is 7.84. The summed E-state index contributed by atoms with van der Waals surface area (Å²) in [4.78, 5) is 0.627. The Morgan fingerprint density at radius 2 is 1.81 bits per heavy atom. The number of rotatable bonds is 5. The number of benzene rings is 2. The van der Waals surface area contributed by atoms with Gasteiger partial charge in [-0.2, -0.15) is 0 Å². The highest BCUT2D eigenvalue weighted by atomic mass is 32.2. The molecule has 1 atom stereocenters. The van der Waals surface area contributed by atoms with Crippen molar-refractivity contribution < 1.29 is 8.95 Å². The molecule has 0 bridgehead atoms. The Labute approximate surface area is 128 Å². The minimum Gasteiger partial charge on any atom is -0.497 e. The van der Waals surface area contributed by atoms with Crippen LogP contribution in [0.1, 0.15) is 30.9 Å². The molecular formula is C17H21NO2S. The van der Waals surface area contributed by atoms with Crippen LogP contribution in [0.15, 0.2) is 47.4 Å². The number of nitrogens with two attached hydrogens (primary N) is 1. The van der Waals surface area contributed by atoms with E-state index in [2.05, 4.69) is 26.0 Å². The molecule has 0 radical (unpaired) electrons. The average Bonchev–Trinajstić information content (AvgIpc) is 2.48. The number of nitrogen functional groups attached to an aromatic ring is 1. The molecule has 0 saturated carbocycles. The van der Waals surface area contributed by atoms with Crippen LogP contribution in [0.2, 0.25) is 0 Å². The summed E-state index contributed by atoms with van der Waals surface area (Å²) >= 11 is 0. The highest BCUT2D eigenvalue weighted by Gasteiger charge is 2.11. The van der Waals surface area contributed by atoms with Gasteiger partial charge in [0, 0.05) is 5.69 Å². The molecule has 0 heterocycles. The van der Waals surface area contributed by atoms with Crippen LogP contribution in [0.25, 0.3) is 0 Å². The third-order valence-corrected chi connectivity index (χ3v) is 4.85. The zero-order chi connectivity index (χ0) is 15.4. The van der Waals surface area contributed by atoms with Crippen molar-refractivity contribution in [1.29, 1.82) is 0 Å². The molecule has 112 valence electrons. The molecule has 3 nitrogen and oxygen atoms in total. The summed E-state index contributed by atoms with van der Waals surface area (Å²) in [6, 6.07) is 13.5. The number of hydrogen-bond donors (Lipinski definition) is 1. The lowest BCUT2D eigenvalue weighted by Gasteiger charge is -2.09. The first-order valence-corrected chi connectivity index (χ1v) is 8.24. The van der Waals surface area contributed by atoms with Crippen LogP contribution >= 0.6 is 0 Å². The van der Waals surface area contributed by atoms with E-state index in [9.17, 15) is 4.21 Å². The molecule has 0 aromatic heterocycles. The minimum absolute atomic E-state index is 0.454. The van der Waals surface area contributed by atoms with E-state index in [1.54, 1.807) is 25.3 Å². The molecule has 21 heavy (non-hydrogen) atoms. The van der Waals surface area contributed by atoms with Crippen LogP contribution in [0, 0.1) is 0 Å². The quantitative estimate of drug-likeness (QED) is 0.857. The lowest BCUT2D eigenvalue weighted by molar-refractivity contribution is 0.413. The van der Waals surface area contributed by atoms with Crippen molar-refractivity contribution in [2.45, 2.75) is 30.4 Å². The Hall–Kier alpha value is -1.81. The second-order valence-electron chi connectivity index (χ2n) is 5.29. The van der Waals surface area contributed by atoms with E-state index >= 15 is 0 Å². The van der Waals surface area contributed by atoms with E-state index < -0.39 is 10.8 Å². The third-order valence-electron chi connectivity index (χ3n) is 3.41. The molecule has 0 fully saturated rings. The molecule has 1 unspecified atom stereocenters. The number of methoxy groups -OCH3 is 1. The molecule has 4 heteroatoms. The zero-order valence-corrected chi connectivity index (χ0v) is 13.4. The molecule has 0 amide bonds. The minimum atomic E-state index is -1.18. The van der Waals surface area contributed by atoms with Crippen molar-refractivity contribution in [2.75, 3.05) is 12.8 Å². The van der Waals surface area contributed by atoms with E-state index in [0.29, 0.717) is 28.0 Å². The summed E-state index contributed by atoms with van der Waals surface area (Å²) in [5.74, 6) is 1.62. The first kappa shape index (κ1) is 15.6. The molecule has 0 aliphatic rings. The van der Waals surface area contributed by atoms with E-state index in [1.165, 1.54) is 5.56 Å². The molecule has 0 spiro atoms. The summed E-state index contributed by atoms with van der Waals surface area (Å²) < 4.78 is 17.7. The summed E-state index contributed by atoms with van der Waals surface area (Å²) in [6.45, 7) is 4.31. The topological polar surface area (TPSA) is 52.3 Å². The lowest BCUT2D eigenvalue weighted by Crippen LogP contribution is -2.02. The largest absolute Gasteiger partial charge is 0.497 e. The van der Waals surface area contributed by atoms with Gasteiger partial charge in [-0.3, -0.25) is 4.21 Å². The Bertz CT molecular complexity index is 636. The Morgan fingerprint density at radius 3 is 2.38 bits per heavy atom. The second-order valence-corrected chi connectivity index (χ2v) is 6.71. The predicted molar refractivity (Wildman–Crippen MR) is 88.0 cm³/mol. The Balaban J connectivity index is 2.17. The summed E-state index contributed by atoms with van der Waals surface area (Å²) in [6.07, 6.45) is 0. The average molecular weight is 303 g/mol. The van der Waals surface area contributed by atoms with Gasteiger partial charge in [0.15, 0.2) is 0 Å². The highest BCUT2D eigenvalue weighted by Crippen LogP contribution is 2.25. The second kappa shape index (κ2) is 6.76. The van der Waals surface area contributed by atoms with Crippen LogP contribution in [0.4, 0.5) is 5.69 Å². The van der Waals surface area contributed by atoms with E-state index in [-0.39, 0.29) is 0 Å². The van der Waals surface area contributed by atoms with Crippen LogP contribution in [0.5, 0.6) is 5.75 Å². The van der Waals surface area contributed by atoms with Crippen molar-refractivity contribution in [3.8, 4) is 5.75 Å². The maximum Gasteiger partial charge on any atom is 0.120 e. The van der Waals surface area contributed by atoms with Gasteiger partial charge in [0.05, 0.1) is 28.6 Å². The zero-order valence-electron chi connectivity index (χ0n) is 12.6. The summed E-state index contributed by atoms with van der Waals surface area (Å²) in [5, 5.41) is 0. The fourth-order valence-electron chi connectivity index (χ4n) is 2.07. The Kier molecular flexibility index (Phi) is 5.02. The summed E-state index contributed by atoms with van der Waals surface area (Å²) in [5.41, 5.74) is 8.77. The first-order chi connectivity index (χ1) is 10.0. The summed E-state index contributed by atoms with van der Waals surface area (Å²) in [7, 11) is 0.406. The first-order valence-electron chi connectivity index (χ1n) is 6.92. The van der Waals surface area contributed by atoms with Crippen molar-refractivity contribution in [1.82, 2.24) is 0 Å². The number of hydrogen-bond acceptors (Lipinski definition) is 3. The lowest BCUT2D eigenvalue weighted by atomic mass is 10.0. The van der Waals surface area contributed by atoms with Crippen molar-refractivity contribution >= 4 is 16.5 Å². The molecular weight excluding hydrogens is 282 g/mol. The van der Waals surface area contributed by atoms with E-state index in [4.69, 9.17) is 10.5 Å². The van der Waals surface area contributed by atoms with Crippen LogP contribution in [-0.4, -0.2) is 11.3 Å². The molecule has 2 N–H and O–H groups in total. The molecule has 2 aromatic carbocycles.